The lowest BCUT2D eigenvalue weighted by atomic mass is 10.2. The number of furan rings is 1. The molecule has 0 radical (unpaired) electrons. The van der Waals surface area contributed by atoms with E-state index in [2.05, 4.69) is 10.6 Å². The van der Waals surface area contributed by atoms with Gasteiger partial charge in [-0.05, 0) is 55.0 Å². The fourth-order valence-corrected chi connectivity index (χ4v) is 3.07. The Morgan fingerprint density at radius 1 is 1.00 bits per heavy atom. The van der Waals surface area contributed by atoms with Crippen LogP contribution in [0, 0.1) is 0 Å². The zero-order valence-corrected chi connectivity index (χ0v) is 15.9. The second-order valence-electron chi connectivity index (χ2n) is 5.76. The Morgan fingerprint density at radius 2 is 1.79 bits per heavy atom. The van der Waals surface area contributed by atoms with Gasteiger partial charge in [-0.3, -0.25) is 9.59 Å². The first kappa shape index (κ1) is 19.4. The maximum Gasteiger partial charge on any atom is 0.338 e. The van der Waals surface area contributed by atoms with Crippen LogP contribution in [0.4, 0.5) is 10.7 Å². The quantitative estimate of drug-likeness (QED) is 0.575. The highest BCUT2D eigenvalue weighted by molar-refractivity contribution is 7.18. The molecule has 0 saturated carbocycles. The predicted molar refractivity (Wildman–Crippen MR) is 106 cm³/mol. The molecule has 144 valence electrons. The van der Waals surface area contributed by atoms with Crippen molar-refractivity contribution < 1.29 is 23.5 Å². The molecule has 0 unspecified atom stereocenters. The second kappa shape index (κ2) is 9.01. The van der Waals surface area contributed by atoms with Crippen LogP contribution >= 0.6 is 11.3 Å². The molecule has 3 aromatic rings. The van der Waals surface area contributed by atoms with Crippen LogP contribution in [-0.2, 0) is 4.74 Å². The van der Waals surface area contributed by atoms with E-state index in [1.807, 2.05) is 6.92 Å². The average Bonchev–Trinajstić information content (AvgIpc) is 3.39. The summed E-state index contributed by atoms with van der Waals surface area (Å²) in [5.74, 6) is -0.902. The molecule has 0 spiro atoms. The lowest BCUT2D eigenvalue weighted by Gasteiger charge is -2.06. The summed E-state index contributed by atoms with van der Waals surface area (Å²) in [4.78, 5) is 36.6. The fourth-order valence-electron chi connectivity index (χ4n) is 2.27. The first-order valence-corrected chi connectivity index (χ1v) is 9.41. The summed E-state index contributed by atoms with van der Waals surface area (Å²) in [6.07, 6.45) is 2.17. The van der Waals surface area contributed by atoms with Crippen molar-refractivity contribution in [3.8, 4) is 0 Å². The van der Waals surface area contributed by atoms with Crippen LogP contribution < -0.4 is 10.6 Å². The molecule has 28 heavy (non-hydrogen) atoms. The Morgan fingerprint density at radius 3 is 2.46 bits per heavy atom. The number of thiophene rings is 1. The molecule has 2 aromatic heterocycles. The molecular weight excluding hydrogens is 380 g/mol. The molecule has 0 bridgehead atoms. The molecule has 2 N–H and O–H groups in total. The van der Waals surface area contributed by atoms with E-state index in [9.17, 15) is 14.4 Å². The van der Waals surface area contributed by atoms with E-state index in [1.54, 1.807) is 48.5 Å². The largest absolute Gasteiger partial charge is 0.462 e. The second-order valence-corrected chi connectivity index (χ2v) is 6.85. The Balaban J connectivity index is 1.58. The summed E-state index contributed by atoms with van der Waals surface area (Å²) in [6.45, 7) is 2.29. The molecule has 0 atom stereocenters. The number of ether oxygens (including phenoxy) is 1. The van der Waals surface area contributed by atoms with Crippen molar-refractivity contribution >= 4 is 39.8 Å². The number of rotatable bonds is 7. The molecule has 0 saturated heterocycles. The van der Waals surface area contributed by atoms with Gasteiger partial charge >= 0.3 is 5.97 Å². The highest BCUT2D eigenvalue weighted by Crippen LogP contribution is 2.24. The Kier molecular flexibility index (Phi) is 6.23. The molecule has 8 heteroatoms. The van der Waals surface area contributed by atoms with Crippen LogP contribution in [0.15, 0.2) is 59.2 Å². The number of carbonyl (C=O) groups excluding carboxylic acids is 3. The Bertz CT molecular complexity index is 961. The zero-order chi connectivity index (χ0) is 19.9. The first-order chi connectivity index (χ1) is 13.6. The van der Waals surface area contributed by atoms with Crippen molar-refractivity contribution in [3.05, 3.63) is 71.0 Å². The van der Waals surface area contributed by atoms with Crippen LogP contribution in [0.3, 0.4) is 0 Å². The summed E-state index contributed by atoms with van der Waals surface area (Å²) >= 11 is 1.14. The minimum absolute atomic E-state index is 0.192. The van der Waals surface area contributed by atoms with Crippen molar-refractivity contribution in [3.63, 3.8) is 0 Å². The monoisotopic (exact) mass is 398 g/mol. The molecule has 1 aromatic carbocycles. The summed E-state index contributed by atoms with van der Waals surface area (Å²) < 4.78 is 10.1. The van der Waals surface area contributed by atoms with Crippen molar-refractivity contribution in [1.82, 2.24) is 0 Å². The van der Waals surface area contributed by atoms with E-state index in [1.165, 1.54) is 6.26 Å². The van der Waals surface area contributed by atoms with Crippen LogP contribution in [0.2, 0.25) is 0 Å². The average molecular weight is 398 g/mol. The van der Waals surface area contributed by atoms with Gasteiger partial charge in [-0.2, -0.15) is 0 Å². The van der Waals surface area contributed by atoms with Crippen LogP contribution in [0.25, 0.3) is 0 Å². The maximum absolute atomic E-state index is 12.4. The van der Waals surface area contributed by atoms with E-state index >= 15 is 0 Å². The maximum atomic E-state index is 12.4. The van der Waals surface area contributed by atoms with Gasteiger partial charge < -0.3 is 19.8 Å². The van der Waals surface area contributed by atoms with Gasteiger partial charge in [0.25, 0.3) is 11.8 Å². The summed E-state index contributed by atoms with van der Waals surface area (Å²) in [5, 5.41) is 5.95. The van der Waals surface area contributed by atoms with Crippen LogP contribution in [0.1, 0.15) is 43.9 Å². The van der Waals surface area contributed by atoms with Crippen molar-refractivity contribution in [2.24, 2.45) is 0 Å². The Labute approximate surface area is 165 Å². The van der Waals surface area contributed by atoms with E-state index in [0.29, 0.717) is 27.7 Å². The van der Waals surface area contributed by atoms with E-state index in [-0.39, 0.29) is 17.6 Å². The smallest absolute Gasteiger partial charge is 0.338 e. The van der Waals surface area contributed by atoms with Crippen LogP contribution in [0.5, 0.6) is 0 Å². The van der Waals surface area contributed by atoms with Gasteiger partial charge in [-0.15, -0.1) is 11.3 Å². The minimum Gasteiger partial charge on any atom is -0.462 e. The third kappa shape index (κ3) is 4.86. The highest BCUT2D eigenvalue weighted by atomic mass is 32.1. The van der Waals surface area contributed by atoms with Gasteiger partial charge in [-0.25, -0.2) is 4.79 Å². The van der Waals surface area contributed by atoms with E-state index < -0.39 is 5.97 Å². The van der Waals surface area contributed by atoms with Gasteiger partial charge in [0.1, 0.15) is 0 Å². The van der Waals surface area contributed by atoms with Gasteiger partial charge in [-0.1, -0.05) is 6.92 Å². The zero-order valence-electron chi connectivity index (χ0n) is 15.1. The molecule has 0 aliphatic heterocycles. The van der Waals surface area contributed by atoms with Gasteiger partial charge in [0, 0.05) is 5.69 Å². The number of esters is 1. The number of hydrogen-bond donors (Lipinski definition) is 2. The third-order valence-corrected chi connectivity index (χ3v) is 4.63. The number of carbonyl (C=O) groups is 3. The molecule has 0 fully saturated rings. The standard InChI is InChI=1S/C20H18N2O5S/c1-2-11-27-20(25)13-5-7-14(8-6-13)21-19(24)16-9-10-17(28-16)22-18(23)15-4-3-12-26-15/h3-10,12H,2,11H2,1H3,(H,21,24)(H,22,23). The molecule has 7 nitrogen and oxygen atoms in total. The Hall–Kier alpha value is -3.39. The number of hydrogen-bond acceptors (Lipinski definition) is 6. The molecule has 2 heterocycles. The van der Waals surface area contributed by atoms with E-state index in [4.69, 9.17) is 9.15 Å². The van der Waals surface area contributed by atoms with Crippen molar-refractivity contribution in [2.75, 3.05) is 17.2 Å². The van der Waals surface area contributed by atoms with Gasteiger partial charge in [0.15, 0.2) is 5.76 Å². The number of anilines is 2. The van der Waals surface area contributed by atoms with E-state index in [0.717, 1.165) is 17.8 Å². The predicted octanol–water partition coefficient (Wildman–Crippen LogP) is 4.41. The molecular formula is C20H18N2O5S. The fraction of sp³-hybridized carbons (Fsp3) is 0.150. The molecule has 0 aliphatic rings. The lowest BCUT2D eigenvalue weighted by Crippen LogP contribution is -2.11. The van der Waals surface area contributed by atoms with Crippen molar-refractivity contribution in [1.29, 1.82) is 0 Å². The molecule has 0 aliphatic carbocycles. The number of benzene rings is 1. The van der Waals surface area contributed by atoms with Gasteiger partial charge in [0.2, 0.25) is 0 Å². The SMILES string of the molecule is CCCOC(=O)c1ccc(NC(=O)c2ccc(NC(=O)c3ccco3)s2)cc1. The summed E-state index contributed by atoms with van der Waals surface area (Å²) in [6, 6.07) is 12.9. The summed E-state index contributed by atoms with van der Waals surface area (Å²) in [5.41, 5.74) is 0.970. The lowest BCUT2D eigenvalue weighted by molar-refractivity contribution is 0.0505. The van der Waals surface area contributed by atoms with Crippen molar-refractivity contribution in [2.45, 2.75) is 13.3 Å². The summed E-state index contributed by atoms with van der Waals surface area (Å²) in [7, 11) is 0. The topological polar surface area (TPSA) is 97.6 Å². The molecule has 3 rings (SSSR count). The normalized spacial score (nSPS) is 10.3. The third-order valence-electron chi connectivity index (χ3n) is 3.63. The minimum atomic E-state index is -0.394. The number of amides is 2. The van der Waals surface area contributed by atoms with Gasteiger partial charge in [0.05, 0.1) is 28.3 Å². The van der Waals surface area contributed by atoms with Crippen LogP contribution in [-0.4, -0.2) is 24.4 Å². The molecule has 2 amide bonds. The highest BCUT2D eigenvalue weighted by Gasteiger charge is 2.14. The first-order valence-electron chi connectivity index (χ1n) is 8.60. The number of nitrogens with one attached hydrogen (secondary N) is 2.